The SMILES string of the molecule is CC(Sc1nc2c(cc1C#N)CCCCCC2)C(=O)n1c2c(c3ccccc31)CCCC2. The molecule has 5 heteroatoms. The van der Waals surface area contributed by atoms with Crippen molar-refractivity contribution in [3.05, 3.63) is 58.4 Å². The smallest absolute Gasteiger partial charge is 0.244 e. The largest absolute Gasteiger partial charge is 0.283 e. The number of aromatic nitrogens is 2. The molecule has 0 radical (unpaired) electrons. The first-order valence-electron chi connectivity index (χ1n) is 11.9. The molecule has 0 aliphatic heterocycles. The molecular formula is C27H29N3OS. The first kappa shape index (κ1) is 21.3. The highest BCUT2D eigenvalue weighted by molar-refractivity contribution is 8.00. The van der Waals surface area contributed by atoms with Crippen LogP contribution >= 0.6 is 11.8 Å². The molecule has 0 saturated carbocycles. The van der Waals surface area contributed by atoms with Gasteiger partial charge in [0.25, 0.3) is 0 Å². The second kappa shape index (κ2) is 9.11. The average molecular weight is 444 g/mol. The molecular weight excluding hydrogens is 414 g/mol. The third-order valence-electron chi connectivity index (χ3n) is 6.92. The summed E-state index contributed by atoms with van der Waals surface area (Å²) in [6.07, 6.45) is 11.1. The van der Waals surface area contributed by atoms with Gasteiger partial charge < -0.3 is 0 Å². The van der Waals surface area contributed by atoms with E-state index in [1.54, 1.807) is 0 Å². The van der Waals surface area contributed by atoms with Crippen LogP contribution in [0.1, 0.15) is 78.3 Å². The van der Waals surface area contributed by atoms with Gasteiger partial charge >= 0.3 is 0 Å². The van der Waals surface area contributed by atoms with Gasteiger partial charge in [-0.05, 0) is 81.5 Å². The molecule has 3 aromatic rings. The lowest BCUT2D eigenvalue weighted by Crippen LogP contribution is -2.24. The molecule has 0 fully saturated rings. The third-order valence-corrected chi connectivity index (χ3v) is 8.01. The van der Waals surface area contributed by atoms with Crippen molar-refractivity contribution in [1.29, 1.82) is 5.26 Å². The molecule has 2 aromatic heterocycles. The zero-order chi connectivity index (χ0) is 22.1. The number of carbonyl (C=O) groups excluding carboxylic acids is 1. The van der Waals surface area contributed by atoms with Crippen molar-refractivity contribution in [1.82, 2.24) is 9.55 Å². The summed E-state index contributed by atoms with van der Waals surface area (Å²) in [4.78, 5) is 18.6. The van der Waals surface area contributed by atoms with Crippen LogP contribution in [0.5, 0.6) is 0 Å². The van der Waals surface area contributed by atoms with Gasteiger partial charge in [-0.1, -0.05) is 42.8 Å². The maximum Gasteiger partial charge on any atom is 0.244 e. The summed E-state index contributed by atoms with van der Waals surface area (Å²) in [5.74, 6) is 0.0896. The Bertz CT molecular complexity index is 1220. The summed E-state index contributed by atoms with van der Waals surface area (Å²) in [5.41, 5.74) is 6.48. The highest BCUT2D eigenvalue weighted by atomic mass is 32.2. The third kappa shape index (κ3) is 3.86. The summed E-state index contributed by atoms with van der Waals surface area (Å²) < 4.78 is 1.96. The number of aryl methyl sites for hydroxylation is 3. The zero-order valence-electron chi connectivity index (χ0n) is 18.7. The van der Waals surface area contributed by atoms with Gasteiger partial charge in [-0.3, -0.25) is 9.36 Å². The van der Waals surface area contributed by atoms with Crippen molar-refractivity contribution in [2.24, 2.45) is 0 Å². The van der Waals surface area contributed by atoms with E-state index < -0.39 is 0 Å². The van der Waals surface area contributed by atoms with E-state index in [0.29, 0.717) is 10.6 Å². The molecule has 0 amide bonds. The molecule has 0 spiro atoms. The molecule has 2 heterocycles. The Labute approximate surface area is 194 Å². The van der Waals surface area contributed by atoms with Gasteiger partial charge in [0.2, 0.25) is 5.91 Å². The number of nitriles is 1. The number of benzene rings is 1. The standard InChI is InChI=1S/C27H29N3OS/c1-18(32-26-20(17-28)16-19-10-4-2-3-5-13-23(19)29-26)27(31)30-24-14-8-6-11-21(24)22-12-7-9-15-25(22)30/h6,8,11,14,16,18H,2-5,7,9-10,12-13,15H2,1H3. The van der Waals surface area contributed by atoms with Crippen molar-refractivity contribution < 1.29 is 4.79 Å². The molecule has 4 nitrogen and oxygen atoms in total. The lowest BCUT2D eigenvalue weighted by molar-refractivity contribution is 0.0917. The van der Waals surface area contributed by atoms with E-state index in [1.165, 1.54) is 53.2 Å². The average Bonchev–Trinajstić information content (AvgIpc) is 3.14. The quantitative estimate of drug-likeness (QED) is 0.448. The number of hydrogen-bond acceptors (Lipinski definition) is 4. The molecule has 164 valence electrons. The van der Waals surface area contributed by atoms with Gasteiger partial charge in [0.15, 0.2) is 0 Å². The first-order valence-corrected chi connectivity index (χ1v) is 12.8. The summed E-state index contributed by atoms with van der Waals surface area (Å²) >= 11 is 1.44. The van der Waals surface area contributed by atoms with Crippen LogP contribution in [0.15, 0.2) is 35.4 Å². The predicted octanol–water partition coefficient (Wildman–Crippen LogP) is 6.27. The van der Waals surface area contributed by atoms with E-state index >= 15 is 0 Å². The number of fused-ring (bicyclic) bond motifs is 4. The van der Waals surface area contributed by atoms with Gasteiger partial charge in [-0.25, -0.2) is 4.98 Å². The summed E-state index contributed by atoms with van der Waals surface area (Å²) in [7, 11) is 0. The van der Waals surface area contributed by atoms with Gasteiger partial charge in [0.1, 0.15) is 11.1 Å². The molecule has 0 saturated heterocycles. The number of rotatable bonds is 3. The van der Waals surface area contributed by atoms with Crippen LogP contribution in [0.3, 0.4) is 0 Å². The minimum atomic E-state index is -0.317. The number of para-hydroxylation sites is 1. The maximum atomic E-state index is 13.7. The summed E-state index contributed by atoms with van der Waals surface area (Å²) in [5, 5.41) is 11.4. The fourth-order valence-electron chi connectivity index (χ4n) is 5.29. The minimum Gasteiger partial charge on any atom is -0.283 e. The van der Waals surface area contributed by atoms with E-state index in [0.717, 1.165) is 56.2 Å². The molecule has 5 rings (SSSR count). The summed E-state index contributed by atoms with van der Waals surface area (Å²) in [6, 6.07) is 12.6. The number of hydrogen-bond donors (Lipinski definition) is 0. The molecule has 1 unspecified atom stereocenters. The Kier molecular flexibility index (Phi) is 6.06. The number of thioether (sulfide) groups is 1. The van der Waals surface area contributed by atoms with Crippen LogP contribution in [-0.2, 0) is 25.7 Å². The molecule has 32 heavy (non-hydrogen) atoms. The van der Waals surface area contributed by atoms with Crippen molar-refractivity contribution in [3.8, 4) is 6.07 Å². The highest BCUT2D eigenvalue weighted by Crippen LogP contribution is 2.35. The molecule has 0 N–H and O–H groups in total. The van der Waals surface area contributed by atoms with Crippen molar-refractivity contribution >= 4 is 28.6 Å². The molecule has 0 bridgehead atoms. The number of carbonyl (C=O) groups is 1. The second-order valence-electron chi connectivity index (χ2n) is 9.06. The Balaban J connectivity index is 1.49. The Morgan fingerprint density at radius 1 is 1.06 bits per heavy atom. The normalized spacial score (nSPS) is 17.0. The van der Waals surface area contributed by atoms with Crippen LogP contribution < -0.4 is 0 Å². The van der Waals surface area contributed by atoms with Gasteiger partial charge in [-0.2, -0.15) is 5.26 Å². The Hall–Kier alpha value is -2.58. The van der Waals surface area contributed by atoms with E-state index in [1.807, 2.05) is 23.6 Å². The van der Waals surface area contributed by atoms with Crippen molar-refractivity contribution in [3.63, 3.8) is 0 Å². The van der Waals surface area contributed by atoms with E-state index in [9.17, 15) is 10.1 Å². The molecule has 1 atom stereocenters. The monoisotopic (exact) mass is 443 g/mol. The molecule has 2 aliphatic rings. The number of nitrogens with zero attached hydrogens (tertiary/aromatic N) is 3. The van der Waals surface area contributed by atoms with Crippen LogP contribution in [0.2, 0.25) is 0 Å². The fraction of sp³-hybridized carbons (Fsp3) is 0.444. The van der Waals surface area contributed by atoms with Gasteiger partial charge in [0, 0.05) is 16.8 Å². The lowest BCUT2D eigenvalue weighted by atomic mass is 9.95. The van der Waals surface area contributed by atoms with Gasteiger partial charge in [-0.15, -0.1) is 0 Å². The van der Waals surface area contributed by atoms with Crippen LogP contribution in [-0.4, -0.2) is 20.7 Å². The van der Waals surface area contributed by atoms with E-state index in [4.69, 9.17) is 4.98 Å². The Morgan fingerprint density at radius 3 is 2.66 bits per heavy atom. The van der Waals surface area contributed by atoms with Crippen LogP contribution in [0.4, 0.5) is 0 Å². The lowest BCUT2D eigenvalue weighted by Gasteiger charge is -2.19. The summed E-state index contributed by atoms with van der Waals surface area (Å²) in [6.45, 7) is 1.95. The maximum absolute atomic E-state index is 13.7. The second-order valence-corrected chi connectivity index (χ2v) is 10.4. The predicted molar refractivity (Wildman–Crippen MR) is 129 cm³/mol. The van der Waals surface area contributed by atoms with Gasteiger partial charge in [0.05, 0.1) is 16.3 Å². The van der Waals surface area contributed by atoms with E-state index in [-0.39, 0.29) is 11.2 Å². The first-order chi connectivity index (χ1) is 15.7. The van der Waals surface area contributed by atoms with Crippen LogP contribution in [0, 0.1) is 11.3 Å². The Morgan fingerprint density at radius 2 is 1.81 bits per heavy atom. The number of pyridine rings is 1. The minimum absolute atomic E-state index is 0.0896. The highest BCUT2D eigenvalue weighted by Gasteiger charge is 2.27. The molecule has 2 aliphatic carbocycles. The van der Waals surface area contributed by atoms with Crippen molar-refractivity contribution in [2.45, 2.75) is 81.4 Å². The zero-order valence-corrected chi connectivity index (χ0v) is 19.5. The van der Waals surface area contributed by atoms with E-state index in [2.05, 4.69) is 24.3 Å². The van der Waals surface area contributed by atoms with Crippen molar-refractivity contribution in [2.75, 3.05) is 0 Å². The molecule has 1 aromatic carbocycles. The van der Waals surface area contributed by atoms with Crippen LogP contribution in [0.25, 0.3) is 10.9 Å². The fourth-order valence-corrected chi connectivity index (χ4v) is 6.22. The topological polar surface area (TPSA) is 58.7 Å².